The predicted molar refractivity (Wildman–Crippen MR) is 86.3 cm³/mol. The van der Waals surface area contributed by atoms with Crippen LogP contribution in [0.1, 0.15) is 19.1 Å². The van der Waals surface area contributed by atoms with E-state index >= 15 is 0 Å². The van der Waals surface area contributed by atoms with Gasteiger partial charge in [0.2, 0.25) is 5.91 Å². The van der Waals surface area contributed by atoms with E-state index in [1.807, 2.05) is 31.2 Å². The zero-order valence-corrected chi connectivity index (χ0v) is 13.1. The van der Waals surface area contributed by atoms with Gasteiger partial charge in [-0.25, -0.2) is 4.98 Å². The summed E-state index contributed by atoms with van der Waals surface area (Å²) < 4.78 is 5.42. The molecule has 1 amide bonds. The van der Waals surface area contributed by atoms with Crippen LogP contribution in [0, 0.1) is 5.92 Å². The molecule has 1 aliphatic rings. The molecule has 1 saturated heterocycles. The van der Waals surface area contributed by atoms with Crippen LogP contribution < -0.4 is 10.2 Å². The molecule has 5 nitrogen and oxygen atoms in total. The molecule has 0 aliphatic carbocycles. The lowest BCUT2D eigenvalue weighted by Gasteiger charge is -2.19. The molecule has 22 heavy (non-hydrogen) atoms. The van der Waals surface area contributed by atoms with Crippen molar-refractivity contribution in [1.82, 2.24) is 4.98 Å². The van der Waals surface area contributed by atoms with Gasteiger partial charge in [0.1, 0.15) is 5.76 Å². The molecule has 1 aliphatic heterocycles. The van der Waals surface area contributed by atoms with Gasteiger partial charge in [0, 0.05) is 19.5 Å². The van der Waals surface area contributed by atoms with Gasteiger partial charge in [-0.1, -0.05) is 30.7 Å². The maximum Gasteiger partial charge on any atom is 0.301 e. The number of nitrogens with one attached hydrogen (secondary N) is 1. The van der Waals surface area contributed by atoms with Gasteiger partial charge in [-0.2, -0.15) is 0 Å². The average Bonchev–Trinajstić information content (AvgIpc) is 3.16. The van der Waals surface area contributed by atoms with E-state index in [0.717, 1.165) is 30.8 Å². The van der Waals surface area contributed by atoms with Crippen LogP contribution in [0.5, 0.6) is 0 Å². The second-order valence-corrected chi connectivity index (χ2v) is 5.76. The minimum Gasteiger partial charge on any atom is -0.429 e. The number of para-hydroxylation sites is 1. The highest BCUT2D eigenvalue weighted by molar-refractivity contribution is 6.33. The molecule has 0 saturated carbocycles. The molecule has 1 fully saturated rings. The third kappa shape index (κ3) is 3.09. The molecule has 1 unspecified atom stereocenters. The normalized spacial score (nSPS) is 17.7. The first kappa shape index (κ1) is 14.9. The molecule has 3 rings (SSSR count). The van der Waals surface area contributed by atoms with Gasteiger partial charge in [-0.15, -0.1) is 0 Å². The second kappa shape index (κ2) is 6.40. The molecule has 1 aromatic carbocycles. The van der Waals surface area contributed by atoms with Crippen LogP contribution >= 0.6 is 11.6 Å². The second-order valence-electron chi connectivity index (χ2n) is 5.36. The van der Waals surface area contributed by atoms with Crippen LogP contribution in [0.25, 0.3) is 0 Å². The summed E-state index contributed by atoms with van der Waals surface area (Å²) in [5, 5.41) is 3.46. The molecule has 2 heterocycles. The fourth-order valence-electron chi connectivity index (χ4n) is 2.64. The molecule has 1 atom stereocenters. The van der Waals surface area contributed by atoms with Gasteiger partial charge in [0.25, 0.3) is 0 Å². The quantitative estimate of drug-likeness (QED) is 0.939. The van der Waals surface area contributed by atoms with Crippen LogP contribution in [0.2, 0.25) is 5.02 Å². The Morgan fingerprint density at radius 3 is 3.05 bits per heavy atom. The Kier molecular flexibility index (Phi) is 4.34. The van der Waals surface area contributed by atoms with E-state index in [1.54, 1.807) is 6.20 Å². The maximum atomic E-state index is 12.3. The third-order valence-corrected chi connectivity index (χ3v) is 4.20. The van der Waals surface area contributed by atoms with Gasteiger partial charge >= 0.3 is 6.01 Å². The van der Waals surface area contributed by atoms with Crippen molar-refractivity contribution in [2.24, 2.45) is 5.92 Å². The predicted octanol–water partition coefficient (Wildman–Crippen LogP) is 3.36. The van der Waals surface area contributed by atoms with Crippen molar-refractivity contribution in [2.75, 3.05) is 23.3 Å². The first-order valence-electron chi connectivity index (χ1n) is 7.42. The van der Waals surface area contributed by atoms with Crippen molar-refractivity contribution in [3.05, 3.63) is 41.2 Å². The maximum absolute atomic E-state index is 12.3. The Morgan fingerprint density at radius 2 is 2.32 bits per heavy atom. The highest BCUT2D eigenvalue weighted by atomic mass is 35.5. The number of halogens is 1. The Balaban J connectivity index is 1.62. The minimum atomic E-state index is -0.0896. The van der Waals surface area contributed by atoms with Gasteiger partial charge in [-0.05, 0) is 18.6 Å². The summed E-state index contributed by atoms with van der Waals surface area (Å²) in [7, 11) is 0. The number of anilines is 2. The van der Waals surface area contributed by atoms with Crippen molar-refractivity contribution >= 4 is 29.2 Å². The lowest BCUT2D eigenvalue weighted by atomic mass is 10.1. The van der Waals surface area contributed by atoms with Crippen molar-refractivity contribution in [1.29, 1.82) is 0 Å². The van der Waals surface area contributed by atoms with Crippen molar-refractivity contribution in [3.63, 3.8) is 0 Å². The highest BCUT2D eigenvalue weighted by Gasteiger charge is 2.30. The molecule has 2 aromatic rings. The van der Waals surface area contributed by atoms with E-state index < -0.39 is 0 Å². The fourth-order valence-corrected chi connectivity index (χ4v) is 2.89. The Labute approximate surface area is 134 Å². The molecule has 0 spiro atoms. The van der Waals surface area contributed by atoms with Crippen LogP contribution in [-0.2, 0) is 11.2 Å². The van der Waals surface area contributed by atoms with Crippen LogP contribution in [-0.4, -0.2) is 24.0 Å². The number of aromatic nitrogens is 1. The lowest BCUT2D eigenvalue weighted by molar-refractivity contribution is -0.119. The minimum absolute atomic E-state index is 0.0564. The van der Waals surface area contributed by atoms with E-state index in [4.69, 9.17) is 16.0 Å². The van der Waals surface area contributed by atoms with Gasteiger partial charge < -0.3 is 9.32 Å². The average molecular weight is 320 g/mol. The largest absolute Gasteiger partial charge is 0.429 e. The number of amides is 1. The summed E-state index contributed by atoms with van der Waals surface area (Å²) in [5.74, 6) is 0.617. The standard InChI is InChI=1S/C16H18ClN3O2/c1-2-12-9-18-16(22-12)19-15(21)11-7-8-20(10-11)14-6-4-3-5-13(14)17/h3-6,9,11H,2,7-8,10H2,1H3,(H,18,19,21). The number of carbonyl (C=O) groups excluding carboxylic acids is 1. The number of nitrogens with zero attached hydrogens (tertiary/aromatic N) is 2. The zero-order chi connectivity index (χ0) is 15.5. The lowest BCUT2D eigenvalue weighted by Crippen LogP contribution is -2.27. The summed E-state index contributed by atoms with van der Waals surface area (Å²) in [6, 6.07) is 7.97. The SMILES string of the molecule is CCc1cnc(NC(=O)C2CCN(c3ccccc3Cl)C2)o1. The number of hydrogen-bond acceptors (Lipinski definition) is 4. The number of rotatable bonds is 4. The molecule has 1 N–H and O–H groups in total. The highest BCUT2D eigenvalue weighted by Crippen LogP contribution is 2.30. The Bertz CT molecular complexity index is 671. The van der Waals surface area contributed by atoms with Crippen molar-refractivity contribution in [2.45, 2.75) is 19.8 Å². The zero-order valence-electron chi connectivity index (χ0n) is 12.4. The summed E-state index contributed by atoms with van der Waals surface area (Å²) >= 11 is 6.21. The fraction of sp³-hybridized carbons (Fsp3) is 0.375. The number of benzene rings is 1. The number of oxazole rings is 1. The molecular weight excluding hydrogens is 302 g/mol. The van der Waals surface area contributed by atoms with E-state index in [2.05, 4.69) is 15.2 Å². The first-order chi connectivity index (χ1) is 10.7. The number of hydrogen-bond donors (Lipinski definition) is 1. The van der Waals surface area contributed by atoms with E-state index in [9.17, 15) is 4.79 Å². The summed E-state index contributed by atoms with van der Waals surface area (Å²) in [4.78, 5) is 18.5. The number of carbonyl (C=O) groups is 1. The summed E-state index contributed by atoms with van der Waals surface area (Å²) in [5.41, 5.74) is 0.976. The molecule has 116 valence electrons. The van der Waals surface area contributed by atoms with Crippen molar-refractivity contribution < 1.29 is 9.21 Å². The van der Waals surface area contributed by atoms with Gasteiger partial charge in [-0.3, -0.25) is 10.1 Å². The summed E-state index contributed by atoms with van der Waals surface area (Å²) in [6.07, 6.45) is 3.19. The smallest absolute Gasteiger partial charge is 0.301 e. The third-order valence-electron chi connectivity index (χ3n) is 3.88. The Hall–Kier alpha value is -2.01. The van der Waals surface area contributed by atoms with Gasteiger partial charge in [0.05, 0.1) is 22.8 Å². The van der Waals surface area contributed by atoms with Crippen LogP contribution in [0.15, 0.2) is 34.9 Å². The molecule has 1 aromatic heterocycles. The van der Waals surface area contributed by atoms with Gasteiger partial charge in [0.15, 0.2) is 0 Å². The van der Waals surface area contributed by atoms with Crippen LogP contribution in [0.3, 0.4) is 0 Å². The Morgan fingerprint density at radius 1 is 1.50 bits per heavy atom. The molecule has 6 heteroatoms. The van der Waals surface area contributed by atoms with E-state index in [-0.39, 0.29) is 17.8 Å². The molecule has 0 radical (unpaired) electrons. The topological polar surface area (TPSA) is 58.4 Å². The first-order valence-corrected chi connectivity index (χ1v) is 7.80. The van der Waals surface area contributed by atoms with Crippen molar-refractivity contribution in [3.8, 4) is 0 Å². The summed E-state index contributed by atoms with van der Waals surface area (Å²) in [6.45, 7) is 3.44. The van der Waals surface area contributed by atoms with Crippen LogP contribution in [0.4, 0.5) is 11.7 Å². The monoisotopic (exact) mass is 319 g/mol. The van der Waals surface area contributed by atoms with E-state index in [1.165, 1.54) is 0 Å². The van der Waals surface area contributed by atoms with E-state index in [0.29, 0.717) is 11.6 Å². The molecule has 0 bridgehead atoms. The number of aryl methyl sites for hydroxylation is 1. The molecular formula is C16H18ClN3O2.